The molecule has 0 aromatic heterocycles. The highest BCUT2D eigenvalue weighted by atomic mass is 35.5. The van der Waals surface area contributed by atoms with E-state index in [0.29, 0.717) is 19.1 Å². The summed E-state index contributed by atoms with van der Waals surface area (Å²) >= 11 is 0. The van der Waals surface area contributed by atoms with Gasteiger partial charge >= 0.3 is 0 Å². The van der Waals surface area contributed by atoms with Crippen molar-refractivity contribution in [1.82, 2.24) is 15.5 Å². The van der Waals surface area contributed by atoms with Crippen molar-refractivity contribution < 1.29 is 9.18 Å². The maximum Gasteiger partial charge on any atom is 0.234 e. The van der Waals surface area contributed by atoms with E-state index in [9.17, 15) is 9.18 Å². The van der Waals surface area contributed by atoms with Gasteiger partial charge in [-0.2, -0.15) is 0 Å². The first-order chi connectivity index (χ1) is 10.1. The van der Waals surface area contributed by atoms with E-state index in [2.05, 4.69) is 15.5 Å². The first-order valence-corrected chi connectivity index (χ1v) is 7.57. The quantitative estimate of drug-likeness (QED) is 0.867. The average Bonchev–Trinajstić information content (AvgIpc) is 2.76. The molecule has 1 saturated heterocycles. The van der Waals surface area contributed by atoms with Crippen molar-refractivity contribution in [3.63, 3.8) is 0 Å². The Morgan fingerprint density at radius 3 is 2.77 bits per heavy atom. The van der Waals surface area contributed by atoms with Crippen molar-refractivity contribution >= 4 is 18.3 Å². The number of likely N-dealkylation sites (N-methyl/N-ethyl adjacent to an activating group) is 1. The molecular formula is C16H25ClFN3O. The van der Waals surface area contributed by atoms with E-state index >= 15 is 0 Å². The lowest BCUT2D eigenvalue weighted by atomic mass is 10.1. The molecule has 1 aromatic carbocycles. The molecule has 0 radical (unpaired) electrons. The van der Waals surface area contributed by atoms with Crippen LogP contribution in [0.4, 0.5) is 4.39 Å². The summed E-state index contributed by atoms with van der Waals surface area (Å²) in [5, 5.41) is 6.26. The van der Waals surface area contributed by atoms with E-state index in [1.807, 2.05) is 7.05 Å². The predicted octanol–water partition coefficient (Wildman–Crippen LogP) is 1.94. The molecule has 1 atom stereocenters. The van der Waals surface area contributed by atoms with Gasteiger partial charge in [0.15, 0.2) is 0 Å². The zero-order valence-corrected chi connectivity index (χ0v) is 13.8. The Labute approximate surface area is 137 Å². The topological polar surface area (TPSA) is 44.4 Å². The van der Waals surface area contributed by atoms with Crippen LogP contribution in [0.5, 0.6) is 0 Å². The molecule has 6 heteroatoms. The number of benzene rings is 1. The number of halogens is 2. The minimum atomic E-state index is -0.258. The summed E-state index contributed by atoms with van der Waals surface area (Å²) in [4.78, 5) is 14.1. The number of hydrogen-bond acceptors (Lipinski definition) is 3. The molecule has 1 fully saturated rings. The van der Waals surface area contributed by atoms with Crippen LogP contribution in [0.15, 0.2) is 24.3 Å². The van der Waals surface area contributed by atoms with E-state index in [0.717, 1.165) is 37.9 Å². The lowest BCUT2D eigenvalue weighted by molar-refractivity contribution is -0.122. The van der Waals surface area contributed by atoms with Gasteiger partial charge in [-0.15, -0.1) is 12.4 Å². The van der Waals surface area contributed by atoms with Crippen molar-refractivity contribution in [3.05, 3.63) is 35.6 Å². The Morgan fingerprint density at radius 1 is 1.32 bits per heavy atom. The molecule has 1 heterocycles. The molecule has 1 unspecified atom stereocenters. The molecule has 1 aliphatic rings. The highest BCUT2D eigenvalue weighted by Gasteiger charge is 2.18. The number of nitrogens with one attached hydrogen (secondary N) is 2. The van der Waals surface area contributed by atoms with Crippen molar-refractivity contribution in [2.24, 2.45) is 0 Å². The first kappa shape index (κ1) is 18.9. The third-order valence-corrected chi connectivity index (χ3v) is 3.96. The average molecular weight is 330 g/mol. The number of carbonyl (C=O) groups is 1. The van der Waals surface area contributed by atoms with E-state index in [-0.39, 0.29) is 24.1 Å². The van der Waals surface area contributed by atoms with Crippen LogP contribution in [0.1, 0.15) is 24.8 Å². The molecule has 2 rings (SSSR count). The molecule has 124 valence electrons. The molecular weight excluding hydrogens is 305 g/mol. The molecule has 1 aliphatic heterocycles. The SMILES string of the molecule is CN(CC(=O)NCc1ccc(F)cc1)C1CCCNCC1.Cl. The van der Waals surface area contributed by atoms with Gasteiger partial charge in [0.05, 0.1) is 6.54 Å². The highest BCUT2D eigenvalue weighted by Crippen LogP contribution is 2.11. The number of amides is 1. The van der Waals surface area contributed by atoms with E-state index < -0.39 is 0 Å². The Hall–Kier alpha value is -1.17. The van der Waals surface area contributed by atoms with Gasteiger partial charge in [0.25, 0.3) is 0 Å². The Bertz CT molecular complexity index is 447. The number of nitrogens with zero attached hydrogens (tertiary/aromatic N) is 1. The second-order valence-electron chi connectivity index (χ2n) is 5.65. The van der Waals surface area contributed by atoms with Crippen LogP contribution in [0.25, 0.3) is 0 Å². The summed E-state index contributed by atoms with van der Waals surface area (Å²) in [5.74, 6) is -0.245. The maximum absolute atomic E-state index is 12.8. The van der Waals surface area contributed by atoms with Crippen LogP contribution >= 0.6 is 12.4 Å². The maximum atomic E-state index is 12.8. The molecule has 0 aliphatic carbocycles. The zero-order valence-electron chi connectivity index (χ0n) is 13.0. The van der Waals surface area contributed by atoms with Gasteiger partial charge in [-0.05, 0) is 57.1 Å². The second kappa shape index (κ2) is 9.77. The van der Waals surface area contributed by atoms with Crippen molar-refractivity contribution in [3.8, 4) is 0 Å². The van der Waals surface area contributed by atoms with E-state index in [4.69, 9.17) is 0 Å². The van der Waals surface area contributed by atoms with Gasteiger partial charge in [-0.1, -0.05) is 12.1 Å². The smallest absolute Gasteiger partial charge is 0.234 e. The van der Waals surface area contributed by atoms with Gasteiger partial charge < -0.3 is 10.6 Å². The number of hydrogen-bond donors (Lipinski definition) is 2. The van der Waals surface area contributed by atoms with Crippen LogP contribution in [-0.2, 0) is 11.3 Å². The number of carbonyl (C=O) groups excluding carboxylic acids is 1. The monoisotopic (exact) mass is 329 g/mol. The van der Waals surface area contributed by atoms with E-state index in [1.54, 1.807) is 12.1 Å². The summed E-state index contributed by atoms with van der Waals surface area (Å²) in [7, 11) is 2.01. The highest BCUT2D eigenvalue weighted by molar-refractivity contribution is 5.85. The molecule has 22 heavy (non-hydrogen) atoms. The summed E-state index contributed by atoms with van der Waals surface area (Å²) in [6.45, 7) is 2.94. The van der Waals surface area contributed by atoms with Gasteiger partial charge in [0.1, 0.15) is 5.82 Å². The molecule has 1 aromatic rings. The first-order valence-electron chi connectivity index (χ1n) is 7.57. The lowest BCUT2D eigenvalue weighted by Gasteiger charge is -2.26. The lowest BCUT2D eigenvalue weighted by Crippen LogP contribution is -2.40. The zero-order chi connectivity index (χ0) is 15.1. The Balaban J connectivity index is 0.00000242. The Morgan fingerprint density at radius 2 is 2.05 bits per heavy atom. The van der Waals surface area contributed by atoms with Gasteiger partial charge in [-0.3, -0.25) is 9.69 Å². The van der Waals surface area contributed by atoms with Crippen LogP contribution in [0.2, 0.25) is 0 Å². The fourth-order valence-corrected chi connectivity index (χ4v) is 2.66. The normalized spacial score (nSPS) is 18.4. The molecule has 4 nitrogen and oxygen atoms in total. The molecule has 0 bridgehead atoms. The van der Waals surface area contributed by atoms with Crippen molar-refractivity contribution in [2.45, 2.75) is 31.8 Å². The summed E-state index contributed by atoms with van der Waals surface area (Å²) in [6.07, 6.45) is 3.38. The summed E-state index contributed by atoms with van der Waals surface area (Å²) in [6, 6.07) is 6.67. The van der Waals surface area contributed by atoms with Crippen molar-refractivity contribution in [1.29, 1.82) is 0 Å². The summed E-state index contributed by atoms with van der Waals surface area (Å²) in [5.41, 5.74) is 0.908. The third kappa shape index (κ3) is 6.30. The molecule has 2 N–H and O–H groups in total. The molecule has 0 saturated carbocycles. The van der Waals surface area contributed by atoms with Crippen LogP contribution in [0.3, 0.4) is 0 Å². The fraction of sp³-hybridized carbons (Fsp3) is 0.562. The number of rotatable bonds is 5. The van der Waals surface area contributed by atoms with Crippen molar-refractivity contribution in [2.75, 3.05) is 26.7 Å². The second-order valence-corrected chi connectivity index (χ2v) is 5.65. The predicted molar refractivity (Wildman–Crippen MR) is 88.6 cm³/mol. The van der Waals surface area contributed by atoms with Gasteiger partial charge in [0, 0.05) is 12.6 Å². The van der Waals surface area contributed by atoms with Crippen LogP contribution in [0, 0.1) is 5.82 Å². The Kier molecular flexibility index (Phi) is 8.38. The minimum absolute atomic E-state index is 0. The van der Waals surface area contributed by atoms with Crippen LogP contribution < -0.4 is 10.6 Å². The standard InChI is InChI=1S/C16H24FN3O.ClH/c1-20(15-3-2-9-18-10-8-15)12-16(21)19-11-13-4-6-14(17)7-5-13;/h4-7,15,18H,2-3,8-12H2,1H3,(H,19,21);1H. The molecule has 0 spiro atoms. The van der Waals surface area contributed by atoms with E-state index in [1.165, 1.54) is 12.1 Å². The van der Waals surface area contributed by atoms with Gasteiger partial charge in [0.2, 0.25) is 5.91 Å². The van der Waals surface area contributed by atoms with Gasteiger partial charge in [-0.25, -0.2) is 4.39 Å². The third-order valence-electron chi connectivity index (χ3n) is 3.96. The minimum Gasteiger partial charge on any atom is -0.351 e. The molecule has 1 amide bonds. The van der Waals surface area contributed by atoms with Crippen LogP contribution in [-0.4, -0.2) is 43.5 Å². The summed E-state index contributed by atoms with van der Waals surface area (Å²) < 4.78 is 12.8. The fourth-order valence-electron chi connectivity index (χ4n) is 2.66. The largest absolute Gasteiger partial charge is 0.351 e.